The van der Waals surface area contributed by atoms with E-state index in [1.807, 2.05) is 24.3 Å². The van der Waals surface area contributed by atoms with Crippen LogP contribution in [0.5, 0.6) is 0 Å². The van der Waals surface area contributed by atoms with Crippen molar-refractivity contribution in [3.05, 3.63) is 151 Å². The Morgan fingerprint density at radius 1 is 0.644 bits per heavy atom. The number of methoxy groups -OCH3 is 4. The molecule has 5 aromatic rings. The number of carbonyl (C=O) groups excluding carboxylic acids is 5. The number of nitrogens with two attached hydrogens (primary N) is 1. The van der Waals surface area contributed by atoms with Crippen LogP contribution in [0.4, 0.5) is 26.3 Å². The summed E-state index contributed by atoms with van der Waals surface area (Å²) in [5.74, 6) is -7.21. The van der Waals surface area contributed by atoms with Crippen LogP contribution in [0.2, 0.25) is 0 Å². The number of fused-ring (bicyclic) bond motifs is 4. The molecule has 2 aliphatic carbocycles. The van der Waals surface area contributed by atoms with E-state index in [1.54, 1.807) is 12.1 Å². The number of alkyl halides is 6. The van der Waals surface area contributed by atoms with Crippen molar-refractivity contribution in [3.63, 3.8) is 0 Å². The molecule has 0 fully saturated rings. The van der Waals surface area contributed by atoms with Gasteiger partial charge >= 0.3 is 42.1 Å². The lowest BCUT2D eigenvalue weighted by Crippen LogP contribution is -2.44. The fourth-order valence-electron chi connectivity index (χ4n) is 10.1. The second-order valence-corrected chi connectivity index (χ2v) is 18.2. The number of esters is 4. The SMILES string of the molecule is COC(=O)c1ccc2c(c1)CCc1cc(C(=O)OC)ccc1C2(CC(C)C)C(N)=NO.COC(=O)c1ccc2c(c1)CCc1cc(C(=O)OC)ccc1C2(C[C@H](C)CC(=O)C(F)(F)F)c1noc(C(F)(F)F)n1. The normalized spacial score (nSPS) is 15.1. The van der Waals surface area contributed by atoms with Crippen LogP contribution in [-0.2, 0) is 66.4 Å². The highest BCUT2D eigenvalue weighted by Crippen LogP contribution is 2.50. The quantitative estimate of drug-likeness (QED) is 0.0227. The van der Waals surface area contributed by atoms with Crippen molar-refractivity contribution >= 4 is 35.5 Å². The average molecular weight is 1020 g/mol. The molecule has 0 spiro atoms. The van der Waals surface area contributed by atoms with E-state index >= 15 is 0 Å². The number of ketones is 1. The molecule has 0 saturated heterocycles. The maximum Gasteiger partial charge on any atom is 0.471 e. The highest BCUT2D eigenvalue weighted by Gasteiger charge is 2.50. The molecule has 21 heteroatoms. The van der Waals surface area contributed by atoms with Gasteiger partial charge in [0.05, 0.1) is 61.5 Å². The highest BCUT2D eigenvalue weighted by molar-refractivity contribution is 5.98. The van der Waals surface area contributed by atoms with Crippen LogP contribution in [0, 0.1) is 11.8 Å². The maximum atomic E-state index is 13.6. The van der Waals surface area contributed by atoms with Gasteiger partial charge in [0.25, 0.3) is 0 Å². The minimum atomic E-state index is -5.12. The van der Waals surface area contributed by atoms with Crippen molar-refractivity contribution < 1.29 is 79.0 Å². The average Bonchev–Trinajstić information content (AvgIpc) is 3.79. The number of aryl methyl sites for hydroxylation is 4. The fraction of sp³-hybridized carbons (Fsp3) is 0.385. The zero-order chi connectivity index (χ0) is 53.8. The van der Waals surface area contributed by atoms with E-state index in [0.717, 1.165) is 22.3 Å². The fourth-order valence-corrected chi connectivity index (χ4v) is 10.1. The van der Waals surface area contributed by atoms with Gasteiger partial charge in [0.2, 0.25) is 5.78 Å². The third-order valence-electron chi connectivity index (χ3n) is 13.1. The van der Waals surface area contributed by atoms with E-state index in [0.29, 0.717) is 52.6 Å². The molecular weight excluding hydrogens is 971 g/mol. The van der Waals surface area contributed by atoms with Gasteiger partial charge in [-0.1, -0.05) is 55.3 Å². The Kier molecular flexibility index (Phi) is 16.2. The van der Waals surface area contributed by atoms with Gasteiger partial charge in [0, 0.05) is 6.42 Å². The number of oxime groups is 1. The minimum Gasteiger partial charge on any atom is -0.465 e. The number of rotatable bonds is 12. The van der Waals surface area contributed by atoms with Gasteiger partial charge in [-0.3, -0.25) is 4.79 Å². The molecule has 73 heavy (non-hydrogen) atoms. The predicted octanol–water partition coefficient (Wildman–Crippen LogP) is 9.08. The lowest BCUT2D eigenvalue weighted by Gasteiger charge is -2.37. The molecule has 7 rings (SSSR count). The molecule has 1 heterocycles. The number of aromatic nitrogens is 2. The number of nitrogens with zero attached hydrogens (tertiary/aromatic N) is 3. The van der Waals surface area contributed by atoms with Crippen molar-refractivity contribution in [1.29, 1.82) is 0 Å². The Bertz CT molecular complexity index is 2830. The van der Waals surface area contributed by atoms with Gasteiger partial charge in [-0.25, -0.2) is 19.2 Å². The number of amidine groups is 1. The molecule has 0 aliphatic heterocycles. The largest absolute Gasteiger partial charge is 0.471 e. The second kappa shape index (κ2) is 21.6. The van der Waals surface area contributed by atoms with E-state index in [9.17, 15) is 55.5 Å². The van der Waals surface area contributed by atoms with E-state index in [2.05, 4.69) is 33.7 Å². The summed E-state index contributed by atoms with van der Waals surface area (Å²) in [6, 6.07) is 19.3. The van der Waals surface area contributed by atoms with Gasteiger partial charge in [0.1, 0.15) is 0 Å². The molecule has 0 saturated carbocycles. The Hall–Kier alpha value is -7.58. The van der Waals surface area contributed by atoms with Crippen LogP contribution in [0.3, 0.4) is 0 Å². The van der Waals surface area contributed by atoms with Crippen molar-refractivity contribution in [1.82, 2.24) is 10.1 Å². The topological polar surface area (TPSA) is 220 Å². The minimum absolute atomic E-state index is 0.0715. The molecule has 0 unspecified atom stereocenters. The molecule has 2 aliphatic rings. The smallest absolute Gasteiger partial charge is 0.465 e. The lowest BCUT2D eigenvalue weighted by molar-refractivity contribution is -0.172. The molecule has 0 bridgehead atoms. The molecule has 3 N–H and O–H groups in total. The first-order valence-corrected chi connectivity index (χ1v) is 22.8. The first kappa shape index (κ1) is 54.7. The van der Waals surface area contributed by atoms with E-state index in [4.69, 9.17) is 24.7 Å². The summed E-state index contributed by atoms with van der Waals surface area (Å²) < 4.78 is 104. The van der Waals surface area contributed by atoms with Gasteiger partial charge in [-0.15, -0.1) is 0 Å². The number of halogens is 6. The van der Waals surface area contributed by atoms with Crippen LogP contribution in [0.1, 0.15) is 138 Å². The molecule has 1 aromatic heterocycles. The Morgan fingerprint density at radius 2 is 1.01 bits per heavy atom. The van der Waals surface area contributed by atoms with Crippen LogP contribution in [-0.4, -0.2) is 85.5 Å². The zero-order valence-corrected chi connectivity index (χ0v) is 40.7. The Labute approximate surface area is 415 Å². The van der Waals surface area contributed by atoms with Crippen LogP contribution < -0.4 is 5.73 Å². The number of ether oxygens (including phenoxy) is 4. The second-order valence-electron chi connectivity index (χ2n) is 18.2. The molecule has 15 nitrogen and oxygen atoms in total. The lowest BCUT2D eigenvalue weighted by atomic mass is 9.66. The first-order valence-electron chi connectivity index (χ1n) is 22.8. The van der Waals surface area contributed by atoms with E-state index < -0.39 is 76.9 Å². The predicted molar refractivity (Wildman–Crippen MR) is 248 cm³/mol. The first-order chi connectivity index (χ1) is 34.4. The monoisotopic (exact) mass is 1020 g/mol. The molecule has 1 atom stereocenters. The van der Waals surface area contributed by atoms with Crippen LogP contribution >= 0.6 is 0 Å². The number of Topliss-reactive ketones (excluding diaryl/α,β-unsaturated/α-hetero) is 1. The van der Waals surface area contributed by atoms with Gasteiger partial charge in [0.15, 0.2) is 11.7 Å². The van der Waals surface area contributed by atoms with E-state index in [1.165, 1.54) is 71.8 Å². The zero-order valence-electron chi connectivity index (χ0n) is 40.7. The summed E-state index contributed by atoms with van der Waals surface area (Å²) >= 11 is 0. The standard InChI is InChI=1S/C28H24F6N2O6.C24H28N2O5/c1-14(10-21(37)27(29,30)31)13-26(24-35-25(42-36-24)28(32,33)34)19-8-6-17(22(38)40-2)11-15(19)4-5-16-12-18(23(39)41-3)7-9-20(16)26;1-14(2)13-24(23(25)26-29)19-9-7-17(21(27)30-3)11-15(19)5-6-16-12-18(22(28)31-4)8-10-20(16)24/h6-9,11-12,14H,4-5,10,13H2,1-3H3;7-12,14,29H,5-6,13H2,1-4H3,(H2,25,26)/t14-;/m1./s1. The summed E-state index contributed by atoms with van der Waals surface area (Å²) in [5, 5.41) is 16.9. The van der Waals surface area contributed by atoms with E-state index in [-0.39, 0.29) is 42.1 Å². The maximum absolute atomic E-state index is 13.6. The van der Waals surface area contributed by atoms with Crippen molar-refractivity contribution in [3.8, 4) is 0 Å². The molecule has 388 valence electrons. The van der Waals surface area contributed by atoms with Gasteiger partial charge in [-0.2, -0.15) is 31.3 Å². The number of benzene rings is 4. The Morgan fingerprint density at radius 3 is 1.33 bits per heavy atom. The van der Waals surface area contributed by atoms with Crippen molar-refractivity contribution in [2.75, 3.05) is 28.4 Å². The third-order valence-corrected chi connectivity index (χ3v) is 13.1. The number of hydrogen-bond acceptors (Lipinski definition) is 14. The highest BCUT2D eigenvalue weighted by atomic mass is 19.4. The molecular formula is C52H52F6N4O11. The third kappa shape index (κ3) is 10.9. The van der Waals surface area contributed by atoms with Crippen molar-refractivity contribution in [2.24, 2.45) is 22.7 Å². The number of carbonyl (C=O) groups is 5. The molecule has 4 aromatic carbocycles. The summed E-state index contributed by atoms with van der Waals surface area (Å²) in [6.45, 7) is 5.50. The summed E-state index contributed by atoms with van der Waals surface area (Å²) in [4.78, 5) is 64.5. The van der Waals surface area contributed by atoms with Gasteiger partial charge < -0.3 is 34.4 Å². The molecule has 0 amide bonds. The number of hydrogen-bond donors (Lipinski definition) is 2. The summed E-state index contributed by atoms with van der Waals surface area (Å²) in [7, 11) is 5.02. The summed E-state index contributed by atoms with van der Waals surface area (Å²) in [6.07, 6.45) is -9.25. The van der Waals surface area contributed by atoms with Crippen LogP contribution in [0.25, 0.3) is 0 Å². The molecule has 0 radical (unpaired) electrons. The summed E-state index contributed by atoms with van der Waals surface area (Å²) in [5.41, 5.74) is 9.91. The van der Waals surface area contributed by atoms with Crippen molar-refractivity contribution in [2.45, 2.75) is 88.9 Å². The van der Waals surface area contributed by atoms with Gasteiger partial charge in [-0.05, 0) is 143 Å². The Balaban J connectivity index is 0.000000249. The van der Waals surface area contributed by atoms with Crippen LogP contribution in [0.15, 0.2) is 82.5 Å².